The fraction of sp³-hybridized carbons (Fsp3) is 0.650. The molecule has 0 spiro atoms. The summed E-state index contributed by atoms with van der Waals surface area (Å²) in [6, 6.07) is 1.59. The number of carbonyl (C=O) groups is 1. The summed E-state index contributed by atoms with van der Waals surface area (Å²) in [5.74, 6) is -1.45. The SMILES string of the molecule is CC(C)c1cc2c(c(O)c1O)[C@]1(C)C[C@H](O)CC(C)(C)[C@H]1[C@H](O)C2=O. The van der Waals surface area contributed by atoms with Crippen molar-refractivity contribution in [2.75, 3.05) is 0 Å². The average Bonchev–Trinajstić information content (AvgIpc) is 2.44. The fourth-order valence-corrected chi connectivity index (χ4v) is 5.52. The van der Waals surface area contributed by atoms with Crippen molar-refractivity contribution in [2.45, 2.75) is 71.0 Å². The van der Waals surface area contributed by atoms with Crippen LogP contribution in [-0.2, 0) is 5.41 Å². The van der Waals surface area contributed by atoms with E-state index in [4.69, 9.17) is 0 Å². The van der Waals surface area contributed by atoms with Gasteiger partial charge in [0.1, 0.15) is 6.10 Å². The molecule has 138 valence electrons. The van der Waals surface area contributed by atoms with Crippen molar-refractivity contribution < 1.29 is 25.2 Å². The molecule has 0 heterocycles. The van der Waals surface area contributed by atoms with E-state index < -0.39 is 34.7 Å². The van der Waals surface area contributed by atoms with Crippen LogP contribution in [0.5, 0.6) is 11.5 Å². The van der Waals surface area contributed by atoms with Gasteiger partial charge in [-0.15, -0.1) is 0 Å². The third kappa shape index (κ3) is 2.40. The molecule has 4 atom stereocenters. The highest BCUT2D eigenvalue weighted by Crippen LogP contribution is 2.60. The Balaban J connectivity index is 2.35. The maximum absolute atomic E-state index is 12.9. The molecule has 0 saturated heterocycles. The summed E-state index contributed by atoms with van der Waals surface area (Å²) in [6.07, 6.45) is -0.990. The van der Waals surface area contributed by atoms with E-state index in [1.807, 2.05) is 34.6 Å². The molecular formula is C20H28O5. The first-order chi connectivity index (χ1) is 11.4. The van der Waals surface area contributed by atoms with E-state index in [-0.39, 0.29) is 23.0 Å². The first kappa shape index (κ1) is 18.2. The van der Waals surface area contributed by atoms with Crippen LogP contribution in [0.25, 0.3) is 0 Å². The van der Waals surface area contributed by atoms with Crippen LogP contribution in [0.4, 0.5) is 0 Å². The van der Waals surface area contributed by atoms with E-state index in [0.29, 0.717) is 24.0 Å². The van der Waals surface area contributed by atoms with E-state index in [0.717, 1.165) is 0 Å². The molecular weight excluding hydrogens is 320 g/mol. The normalized spacial score (nSPS) is 33.9. The van der Waals surface area contributed by atoms with E-state index in [9.17, 15) is 25.2 Å². The Kier molecular flexibility index (Phi) is 3.97. The number of ketones is 1. The van der Waals surface area contributed by atoms with Crippen molar-refractivity contribution in [1.82, 2.24) is 0 Å². The number of carbonyl (C=O) groups excluding carboxylic acids is 1. The molecule has 25 heavy (non-hydrogen) atoms. The van der Waals surface area contributed by atoms with Crippen molar-refractivity contribution in [3.63, 3.8) is 0 Å². The van der Waals surface area contributed by atoms with Crippen molar-refractivity contribution in [3.05, 3.63) is 22.8 Å². The van der Waals surface area contributed by atoms with Gasteiger partial charge >= 0.3 is 0 Å². The van der Waals surface area contributed by atoms with Gasteiger partial charge in [-0.3, -0.25) is 4.79 Å². The minimum Gasteiger partial charge on any atom is -0.504 e. The molecule has 3 rings (SSSR count). The molecule has 1 aromatic carbocycles. The number of hydrogen-bond acceptors (Lipinski definition) is 5. The van der Waals surface area contributed by atoms with E-state index >= 15 is 0 Å². The standard InChI is InChI=1S/C20H28O5/c1-9(2)11-6-12-13(16(24)14(11)22)20(5)8-10(21)7-19(3,4)18(20)17(25)15(12)23/h6,9-10,17-18,21-22,24-25H,7-8H2,1-5H3/t10-,17-,18-,20+/m1/s1. The minimum absolute atomic E-state index is 0.0833. The second-order valence-corrected chi connectivity index (χ2v) is 9.00. The summed E-state index contributed by atoms with van der Waals surface area (Å²) in [5.41, 5.74) is -0.190. The summed E-state index contributed by atoms with van der Waals surface area (Å²) in [7, 11) is 0. The van der Waals surface area contributed by atoms with E-state index in [1.54, 1.807) is 6.07 Å². The molecule has 0 radical (unpaired) electrons. The van der Waals surface area contributed by atoms with Crippen molar-refractivity contribution in [1.29, 1.82) is 0 Å². The van der Waals surface area contributed by atoms with Crippen molar-refractivity contribution >= 4 is 5.78 Å². The maximum atomic E-state index is 12.9. The second-order valence-electron chi connectivity index (χ2n) is 9.00. The van der Waals surface area contributed by atoms with Gasteiger partial charge in [-0.1, -0.05) is 34.6 Å². The van der Waals surface area contributed by atoms with Crippen LogP contribution in [-0.4, -0.2) is 38.4 Å². The summed E-state index contributed by atoms with van der Waals surface area (Å²) < 4.78 is 0. The molecule has 1 fully saturated rings. The van der Waals surface area contributed by atoms with Gasteiger partial charge in [0.15, 0.2) is 17.3 Å². The van der Waals surface area contributed by atoms with Gasteiger partial charge in [0.2, 0.25) is 0 Å². The Hall–Kier alpha value is -1.59. The number of fused-ring (bicyclic) bond motifs is 3. The van der Waals surface area contributed by atoms with Crippen LogP contribution < -0.4 is 0 Å². The lowest BCUT2D eigenvalue weighted by Gasteiger charge is -2.56. The number of aliphatic hydroxyl groups is 2. The first-order valence-electron chi connectivity index (χ1n) is 8.91. The lowest BCUT2D eigenvalue weighted by atomic mass is 9.48. The predicted octanol–water partition coefficient (Wildman–Crippen LogP) is 2.83. The van der Waals surface area contributed by atoms with Crippen molar-refractivity contribution in [3.8, 4) is 11.5 Å². The Labute approximate surface area is 148 Å². The monoisotopic (exact) mass is 348 g/mol. The van der Waals surface area contributed by atoms with Gasteiger partial charge < -0.3 is 20.4 Å². The zero-order valence-electron chi connectivity index (χ0n) is 15.5. The van der Waals surface area contributed by atoms with E-state index in [2.05, 4.69) is 0 Å². The maximum Gasteiger partial charge on any atom is 0.192 e. The van der Waals surface area contributed by atoms with Crippen molar-refractivity contribution in [2.24, 2.45) is 11.3 Å². The molecule has 0 bridgehead atoms. The molecule has 1 aromatic rings. The molecule has 2 aliphatic carbocycles. The topological polar surface area (TPSA) is 98.0 Å². The Morgan fingerprint density at radius 2 is 1.68 bits per heavy atom. The van der Waals surface area contributed by atoms with Gasteiger partial charge in [-0.25, -0.2) is 0 Å². The second kappa shape index (κ2) is 5.45. The van der Waals surface area contributed by atoms with Gasteiger partial charge in [-0.2, -0.15) is 0 Å². The molecule has 0 unspecified atom stereocenters. The lowest BCUT2D eigenvalue weighted by Crippen LogP contribution is -2.59. The van der Waals surface area contributed by atoms with Crippen LogP contribution in [0.15, 0.2) is 6.07 Å². The number of aromatic hydroxyl groups is 2. The van der Waals surface area contributed by atoms with Crippen LogP contribution in [0, 0.1) is 11.3 Å². The quantitative estimate of drug-likeness (QED) is 0.585. The third-order valence-electron chi connectivity index (χ3n) is 6.30. The Morgan fingerprint density at radius 1 is 1.08 bits per heavy atom. The summed E-state index contributed by atoms with van der Waals surface area (Å²) >= 11 is 0. The number of Topliss-reactive ketones (excluding diaryl/α,β-unsaturated/α-hetero) is 1. The molecule has 1 saturated carbocycles. The summed E-state index contributed by atoms with van der Waals surface area (Å²) in [6.45, 7) is 9.45. The highest BCUT2D eigenvalue weighted by atomic mass is 16.3. The van der Waals surface area contributed by atoms with E-state index in [1.165, 1.54) is 0 Å². The smallest absolute Gasteiger partial charge is 0.192 e. The third-order valence-corrected chi connectivity index (χ3v) is 6.30. The number of phenols is 2. The number of aliphatic hydroxyl groups excluding tert-OH is 2. The molecule has 0 amide bonds. The highest BCUT2D eigenvalue weighted by Gasteiger charge is 2.59. The van der Waals surface area contributed by atoms with Gasteiger partial charge in [0, 0.05) is 28.0 Å². The predicted molar refractivity (Wildman–Crippen MR) is 94.1 cm³/mol. The molecule has 5 heteroatoms. The lowest BCUT2D eigenvalue weighted by molar-refractivity contribution is -0.0808. The molecule has 5 nitrogen and oxygen atoms in total. The summed E-state index contributed by atoms with van der Waals surface area (Å²) in [5, 5.41) is 42.5. The van der Waals surface area contributed by atoms with Gasteiger partial charge in [0.05, 0.1) is 6.10 Å². The molecule has 0 aliphatic heterocycles. The number of hydrogen-bond donors (Lipinski definition) is 4. The van der Waals surface area contributed by atoms with Crippen LogP contribution in [0.2, 0.25) is 0 Å². The van der Waals surface area contributed by atoms with Gasteiger partial charge in [-0.05, 0) is 30.2 Å². The number of rotatable bonds is 1. The van der Waals surface area contributed by atoms with Crippen LogP contribution in [0.1, 0.15) is 74.9 Å². The number of phenolic OH excluding ortho intramolecular Hbond substituents is 2. The van der Waals surface area contributed by atoms with Gasteiger partial charge in [0.25, 0.3) is 0 Å². The largest absolute Gasteiger partial charge is 0.504 e. The molecule has 2 aliphatic rings. The Bertz CT molecular complexity index is 736. The molecule has 0 aromatic heterocycles. The first-order valence-corrected chi connectivity index (χ1v) is 8.91. The highest BCUT2D eigenvalue weighted by molar-refractivity contribution is 6.04. The Morgan fingerprint density at radius 3 is 2.24 bits per heavy atom. The molecule has 4 N–H and O–H groups in total. The van der Waals surface area contributed by atoms with Crippen LogP contribution in [0.3, 0.4) is 0 Å². The number of benzene rings is 1. The average molecular weight is 348 g/mol. The fourth-order valence-electron chi connectivity index (χ4n) is 5.52. The summed E-state index contributed by atoms with van der Waals surface area (Å²) in [4.78, 5) is 12.9. The zero-order valence-corrected chi connectivity index (χ0v) is 15.5. The minimum atomic E-state index is -1.19. The zero-order chi connectivity index (χ0) is 18.9. The van der Waals surface area contributed by atoms with Crippen LogP contribution >= 0.6 is 0 Å².